The molecule has 0 aliphatic rings. The van der Waals surface area contributed by atoms with E-state index < -0.39 is 0 Å². The van der Waals surface area contributed by atoms with Gasteiger partial charge in [-0.25, -0.2) is 0 Å². The van der Waals surface area contributed by atoms with E-state index >= 15 is 0 Å². The lowest BCUT2D eigenvalue weighted by molar-refractivity contribution is 0.0928. The predicted octanol–water partition coefficient (Wildman–Crippen LogP) is 3.41. The van der Waals surface area contributed by atoms with Crippen LogP contribution in [0.2, 0.25) is 0 Å². The summed E-state index contributed by atoms with van der Waals surface area (Å²) in [7, 11) is 0. The van der Waals surface area contributed by atoms with E-state index in [0.29, 0.717) is 19.1 Å². The summed E-state index contributed by atoms with van der Waals surface area (Å²) in [4.78, 5) is 14.0. The fourth-order valence-electron chi connectivity index (χ4n) is 1.77. The van der Waals surface area contributed by atoms with E-state index in [2.05, 4.69) is 33.0 Å². The topological polar surface area (TPSA) is 38.3 Å². The van der Waals surface area contributed by atoms with Crippen LogP contribution in [0.5, 0.6) is 0 Å². The van der Waals surface area contributed by atoms with Crippen molar-refractivity contribution in [1.29, 1.82) is 0 Å². The van der Waals surface area contributed by atoms with Gasteiger partial charge in [-0.05, 0) is 37.3 Å². The number of nitrogens with one attached hydrogen (secondary N) is 1. The Morgan fingerprint density at radius 3 is 2.79 bits per heavy atom. The van der Waals surface area contributed by atoms with Gasteiger partial charge >= 0.3 is 0 Å². The molecule has 0 saturated carbocycles. The molecule has 0 unspecified atom stereocenters. The van der Waals surface area contributed by atoms with Crippen LogP contribution in [0.4, 0.5) is 0 Å². The average molecular weight is 283 g/mol. The van der Waals surface area contributed by atoms with Gasteiger partial charge in [0, 0.05) is 24.6 Å². The standard InChI is InChI=1S/C15H25NO2S/c1-5-13-12(4)9-14(19-13)15(17)16-7-6-8-18-10-11(2)3/h9,11H,5-8,10H2,1-4H3,(H,16,17). The average Bonchev–Trinajstić information content (AvgIpc) is 2.74. The highest BCUT2D eigenvalue weighted by atomic mass is 32.1. The summed E-state index contributed by atoms with van der Waals surface area (Å²) in [5, 5.41) is 2.94. The summed E-state index contributed by atoms with van der Waals surface area (Å²) in [6.07, 6.45) is 1.86. The number of hydrogen-bond donors (Lipinski definition) is 1. The van der Waals surface area contributed by atoms with Gasteiger partial charge < -0.3 is 10.1 Å². The molecule has 0 fully saturated rings. The number of rotatable bonds is 8. The fourth-order valence-corrected chi connectivity index (χ4v) is 2.80. The van der Waals surface area contributed by atoms with Crippen molar-refractivity contribution in [3.05, 3.63) is 21.4 Å². The number of aryl methyl sites for hydroxylation is 2. The second kappa shape index (κ2) is 8.33. The van der Waals surface area contributed by atoms with Crippen LogP contribution in [0.15, 0.2) is 6.07 Å². The Hall–Kier alpha value is -0.870. The van der Waals surface area contributed by atoms with Crippen LogP contribution in [-0.2, 0) is 11.2 Å². The summed E-state index contributed by atoms with van der Waals surface area (Å²) in [5.74, 6) is 0.604. The molecule has 0 spiro atoms. The first-order chi connectivity index (χ1) is 9.04. The SMILES string of the molecule is CCc1sc(C(=O)NCCCOCC(C)C)cc1C. The first-order valence-electron chi connectivity index (χ1n) is 6.99. The maximum absolute atomic E-state index is 11.9. The maximum Gasteiger partial charge on any atom is 0.261 e. The minimum absolute atomic E-state index is 0.0386. The highest BCUT2D eigenvalue weighted by molar-refractivity contribution is 7.14. The monoisotopic (exact) mass is 283 g/mol. The van der Waals surface area contributed by atoms with Gasteiger partial charge in [0.05, 0.1) is 4.88 Å². The molecule has 0 aliphatic heterocycles. The van der Waals surface area contributed by atoms with Crippen LogP contribution in [-0.4, -0.2) is 25.7 Å². The largest absolute Gasteiger partial charge is 0.381 e. The zero-order valence-corrected chi connectivity index (χ0v) is 13.2. The molecule has 19 heavy (non-hydrogen) atoms. The fraction of sp³-hybridized carbons (Fsp3) is 0.667. The third-order valence-electron chi connectivity index (χ3n) is 2.77. The highest BCUT2D eigenvalue weighted by Gasteiger charge is 2.10. The Kier molecular flexibility index (Phi) is 7.10. The van der Waals surface area contributed by atoms with E-state index in [4.69, 9.17) is 4.74 Å². The lowest BCUT2D eigenvalue weighted by Crippen LogP contribution is -2.24. The first kappa shape index (κ1) is 16.2. The molecule has 1 heterocycles. The zero-order chi connectivity index (χ0) is 14.3. The van der Waals surface area contributed by atoms with Crippen LogP contribution in [0.3, 0.4) is 0 Å². The molecule has 4 heteroatoms. The van der Waals surface area contributed by atoms with Gasteiger partial charge in [0.1, 0.15) is 0 Å². The van der Waals surface area contributed by atoms with E-state index in [1.165, 1.54) is 10.4 Å². The van der Waals surface area contributed by atoms with Crippen molar-refractivity contribution in [2.45, 2.75) is 40.5 Å². The Morgan fingerprint density at radius 2 is 2.21 bits per heavy atom. The molecule has 1 rings (SSSR count). The van der Waals surface area contributed by atoms with Crippen LogP contribution >= 0.6 is 11.3 Å². The summed E-state index contributed by atoms with van der Waals surface area (Å²) in [5.41, 5.74) is 1.22. The molecular weight excluding hydrogens is 258 g/mol. The summed E-state index contributed by atoms with van der Waals surface area (Å²) in [6.45, 7) is 10.6. The van der Waals surface area contributed by atoms with Crippen LogP contribution in [0.25, 0.3) is 0 Å². The Morgan fingerprint density at radius 1 is 1.47 bits per heavy atom. The molecule has 108 valence electrons. The molecule has 1 amide bonds. The van der Waals surface area contributed by atoms with Crippen molar-refractivity contribution >= 4 is 17.2 Å². The third kappa shape index (κ3) is 5.74. The lowest BCUT2D eigenvalue weighted by atomic mass is 10.2. The predicted molar refractivity (Wildman–Crippen MR) is 81.0 cm³/mol. The minimum Gasteiger partial charge on any atom is -0.381 e. The van der Waals surface area contributed by atoms with Gasteiger partial charge in [-0.15, -0.1) is 11.3 Å². The Bertz CT molecular complexity index is 399. The van der Waals surface area contributed by atoms with Gasteiger partial charge in [-0.1, -0.05) is 20.8 Å². The number of carbonyl (C=O) groups is 1. The molecule has 0 aromatic carbocycles. The van der Waals surface area contributed by atoms with Crippen molar-refractivity contribution in [3.8, 4) is 0 Å². The van der Waals surface area contributed by atoms with E-state index in [0.717, 1.165) is 24.3 Å². The van der Waals surface area contributed by atoms with Crippen LogP contribution < -0.4 is 5.32 Å². The smallest absolute Gasteiger partial charge is 0.261 e. The van der Waals surface area contributed by atoms with E-state index in [1.54, 1.807) is 11.3 Å². The van der Waals surface area contributed by atoms with Crippen molar-refractivity contribution < 1.29 is 9.53 Å². The Balaban J connectivity index is 2.23. The normalized spacial score (nSPS) is 11.0. The van der Waals surface area contributed by atoms with Crippen LogP contribution in [0, 0.1) is 12.8 Å². The molecule has 3 nitrogen and oxygen atoms in total. The quantitative estimate of drug-likeness (QED) is 0.742. The van der Waals surface area contributed by atoms with Crippen molar-refractivity contribution in [1.82, 2.24) is 5.32 Å². The van der Waals surface area contributed by atoms with Gasteiger partial charge in [0.2, 0.25) is 0 Å². The van der Waals surface area contributed by atoms with Gasteiger partial charge in [0.15, 0.2) is 0 Å². The van der Waals surface area contributed by atoms with Crippen molar-refractivity contribution in [2.75, 3.05) is 19.8 Å². The van der Waals surface area contributed by atoms with E-state index in [-0.39, 0.29) is 5.91 Å². The van der Waals surface area contributed by atoms with E-state index in [9.17, 15) is 4.79 Å². The van der Waals surface area contributed by atoms with Gasteiger partial charge in [0.25, 0.3) is 5.91 Å². The molecule has 0 saturated heterocycles. The number of hydrogen-bond acceptors (Lipinski definition) is 3. The van der Waals surface area contributed by atoms with Gasteiger partial charge in [-0.3, -0.25) is 4.79 Å². The lowest BCUT2D eigenvalue weighted by Gasteiger charge is -2.07. The molecule has 0 aliphatic carbocycles. The van der Waals surface area contributed by atoms with E-state index in [1.807, 2.05) is 6.07 Å². The molecule has 0 radical (unpaired) electrons. The maximum atomic E-state index is 11.9. The molecular formula is C15H25NO2S. The minimum atomic E-state index is 0.0386. The zero-order valence-electron chi connectivity index (χ0n) is 12.4. The van der Waals surface area contributed by atoms with Crippen molar-refractivity contribution in [3.63, 3.8) is 0 Å². The summed E-state index contributed by atoms with van der Waals surface area (Å²) in [6, 6.07) is 1.98. The van der Waals surface area contributed by atoms with Crippen LogP contribution in [0.1, 0.15) is 47.3 Å². The third-order valence-corrected chi connectivity index (χ3v) is 4.15. The second-order valence-corrected chi connectivity index (χ2v) is 6.29. The summed E-state index contributed by atoms with van der Waals surface area (Å²) >= 11 is 1.60. The number of carbonyl (C=O) groups excluding carboxylic acids is 1. The van der Waals surface area contributed by atoms with Crippen molar-refractivity contribution in [2.24, 2.45) is 5.92 Å². The molecule has 1 aromatic rings. The highest BCUT2D eigenvalue weighted by Crippen LogP contribution is 2.22. The Labute approximate surface area is 120 Å². The molecule has 0 atom stereocenters. The number of ether oxygens (including phenoxy) is 1. The number of amides is 1. The molecule has 1 N–H and O–H groups in total. The second-order valence-electron chi connectivity index (χ2n) is 5.15. The van der Waals surface area contributed by atoms with Gasteiger partial charge in [-0.2, -0.15) is 0 Å². The number of thiophene rings is 1. The molecule has 0 bridgehead atoms. The molecule has 1 aromatic heterocycles. The first-order valence-corrected chi connectivity index (χ1v) is 7.81. The summed E-state index contributed by atoms with van der Waals surface area (Å²) < 4.78 is 5.47.